The Balaban J connectivity index is -0.0000000720. The van der Waals surface area contributed by atoms with Crippen LogP contribution in [0.5, 0.6) is 0 Å². The third-order valence-electron chi connectivity index (χ3n) is 0.224. The van der Waals surface area contributed by atoms with E-state index in [1.54, 1.807) is 0 Å². The average molecular weight is 148 g/mol. The summed E-state index contributed by atoms with van der Waals surface area (Å²) in [6.45, 7) is 2.25. The van der Waals surface area contributed by atoms with Gasteiger partial charge in [0.05, 0.1) is 11.4 Å². The summed E-state index contributed by atoms with van der Waals surface area (Å²) >= 11 is -2.86. The van der Waals surface area contributed by atoms with Gasteiger partial charge in [0.1, 0.15) is 0 Å². The predicted octanol–water partition coefficient (Wildman–Crippen LogP) is -3.27. The van der Waals surface area contributed by atoms with Crippen LogP contribution in [-0.4, -0.2) is 25.0 Å². The summed E-state index contributed by atoms with van der Waals surface area (Å²) in [5.41, 5.74) is 0. The van der Waals surface area contributed by atoms with Crippen LogP contribution in [-0.2, 0) is 11.4 Å². The molecule has 0 amide bonds. The second-order valence-corrected chi connectivity index (χ2v) is 1.37. The van der Waals surface area contributed by atoms with Crippen molar-refractivity contribution in [3.8, 4) is 0 Å². The standard InChI is InChI=1S/C3H8O.Li.H2O3S/c1-2-3-4;;1-4(2)3/h4H,2-3H2,1H3;;(H2,1,2,3)/q;+1;/p-1. The monoisotopic (exact) mass is 148 g/mol. The van der Waals surface area contributed by atoms with Gasteiger partial charge in [0.15, 0.2) is 0 Å². The van der Waals surface area contributed by atoms with Crippen molar-refractivity contribution in [1.29, 1.82) is 0 Å². The van der Waals surface area contributed by atoms with Gasteiger partial charge in [-0.05, 0) is 6.42 Å². The number of hydrogen-bond donors (Lipinski definition) is 2. The Kier molecular flexibility index (Phi) is 28.7. The molecule has 0 bridgehead atoms. The molecule has 1 atom stereocenters. The van der Waals surface area contributed by atoms with E-state index in [9.17, 15) is 0 Å². The van der Waals surface area contributed by atoms with Crippen LogP contribution in [0.4, 0.5) is 0 Å². The molecule has 2 N–H and O–H groups in total. The molecule has 4 nitrogen and oxygen atoms in total. The molecule has 0 spiro atoms. The van der Waals surface area contributed by atoms with Crippen LogP contribution in [0.15, 0.2) is 0 Å². The molecule has 0 saturated heterocycles. The van der Waals surface area contributed by atoms with Crippen molar-refractivity contribution >= 4 is 11.4 Å². The molecule has 0 aromatic heterocycles. The van der Waals surface area contributed by atoms with E-state index in [1.807, 2.05) is 6.92 Å². The molecule has 52 valence electrons. The molecule has 1 unspecified atom stereocenters. The van der Waals surface area contributed by atoms with Gasteiger partial charge in [-0.3, -0.25) is 0 Å². The first-order chi connectivity index (χ1) is 3.65. The van der Waals surface area contributed by atoms with E-state index in [0.29, 0.717) is 6.61 Å². The van der Waals surface area contributed by atoms with Crippen LogP contribution in [0.1, 0.15) is 13.3 Å². The van der Waals surface area contributed by atoms with Gasteiger partial charge in [0.2, 0.25) is 0 Å². The summed E-state index contributed by atoms with van der Waals surface area (Å²) in [6, 6.07) is 0. The fourth-order valence-corrected chi connectivity index (χ4v) is 0. The largest absolute Gasteiger partial charge is 1.00 e. The van der Waals surface area contributed by atoms with E-state index in [-0.39, 0.29) is 18.9 Å². The van der Waals surface area contributed by atoms with Gasteiger partial charge >= 0.3 is 18.9 Å². The normalized spacial score (nSPS) is 10.2. The van der Waals surface area contributed by atoms with Crippen molar-refractivity contribution in [2.45, 2.75) is 13.3 Å². The maximum absolute atomic E-state index is 8.56. The van der Waals surface area contributed by atoms with Gasteiger partial charge in [-0.15, -0.1) is 0 Å². The van der Waals surface area contributed by atoms with Gasteiger partial charge in [-0.1, -0.05) is 6.92 Å². The molecule has 0 radical (unpaired) electrons. The number of aliphatic hydroxyl groups excluding tert-OH is 1. The minimum absolute atomic E-state index is 0. The van der Waals surface area contributed by atoms with Crippen LogP contribution < -0.4 is 18.9 Å². The molecule has 0 aliphatic carbocycles. The third-order valence-corrected chi connectivity index (χ3v) is 0.224. The molecule has 0 rings (SSSR count). The smallest absolute Gasteiger partial charge is 0.750 e. The Morgan fingerprint density at radius 3 is 1.78 bits per heavy atom. The fraction of sp³-hybridized carbons (Fsp3) is 1.00. The summed E-state index contributed by atoms with van der Waals surface area (Å²) in [7, 11) is 0. The first-order valence-corrected chi connectivity index (χ1v) is 3.07. The Morgan fingerprint density at radius 1 is 1.67 bits per heavy atom. The molecule has 0 saturated carbocycles. The van der Waals surface area contributed by atoms with E-state index < -0.39 is 11.4 Å². The van der Waals surface area contributed by atoms with E-state index in [4.69, 9.17) is 18.4 Å². The van der Waals surface area contributed by atoms with E-state index >= 15 is 0 Å². The van der Waals surface area contributed by atoms with Crippen LogP contribution >= 0.6 is 0 Å². The molecule has 0 aromatic rings. The Morgan fingerprint density at radius 2 is 1.78 bits per heavy atom. The maximum atomic E-state index is 8.56. The minimum atomic E-state index is -2.86. The van der Waals surface area contributed by atoms with Gasteiger partial charge in [0.25, 0.3) is 0 Å². The first-order valence-electron chi connectivity index (χ1n) is 2.04. The zero-order chi connectivity index (χ0) is 6.99. The van der Waals surface area contributed by atoms with E-state index in [1.165, 1.54) is 0 Å². The predicted molar refractivity (Wildman–Crippen MR) is 28.9 cm³/mol. The van der Waals surface area contributed by atoms with E-state index in [2.05, 4.69) is 0 Å². The zero-order valence-corrected chi connectivity index (χ0v) is 6.35. The van der Waals surface area contributed by atoms with Crippen molar-refractivity contribution < 1.29 is 37.3 Å². The van der Waals surface area contributed by atoms with Crippen molar-refractivity contribution in [3.63, 3.8) is 0 Å². The maximum Gasteiger partial charge on any atom is 1.00 e. The van der Waals surface area contributed by atoms with Crippen LogP contribution in [0.25, 0.3) is 0 Å². The molecule has 0 aliphatic heterocycles. The average Bonchev–Trinajstić information content (AvgIpc) is 1.65. The van der Waals surface area contributed by atoms with Crippen LogP contribution in [0, 0.1) is 0 Å². The topological polar surface area (TPSA) is 80.6 Å². The van der Waals surface area contributed by atoms with Gasteiger partial charge in [0, 0.05) is 6.61 Å². The Hall–Kier alpha value is 0.627. The zero-order valence-electron chi connectivity index (χ0n) is 5.53. The molecule has 0 fully saturated rings. The van der Waals surface area contributed by atoms with Crippen LogP contribution in [0.2, 0.25) is 0 Å². The SMILES string of the molecule is CCCO.O=S([O-])O.[Li+]. The minimum Gasteiger partial charge on any atom is -0.750 e. The second kappa shape index (κ2) is 15.8. The molecule has 0 aliphatic rings. The van der Waals surface area contributed by atoms with Crippen molar-refractivity contribution in [2.24, 2.45) is 0 Å². The third kappa shape index (κ3) is 143. The molecular weight excluding hydrogens is 139 g/mol. The van der Waals surface area contributed by atoms with E-state index in [0.717, 1.165) is 6.42 Å². The molecule has 0 heterocycles. The first kappa shape index (κ1) is 16.3. The van der Waals surface area contributed by atoms with Gasteiger partial charge in [-0.25, -0.2) is 4.21 Å². The van der Waals surface area contributed by atoms with Crippen molar-refractivity contribution in [1.82, 2.24) is 0 Å². The summed E-state index contributed by atoms with van der Waals surface area (Å²) in [5.74, 6) is 0. The Bertz CT molecular complexity index is 53.8. The fourth-order valence-electron chi connectivity index (χ4n) is 0. The summed E-state index contributed by atoms with van der Waals surface area (Å²) in [4.78, 5) is 0. The van der Waals surface area contributed by atoms with Gasteiger partial charge < -0.3 is 14.2 Å². The molecule has 6 heteroatoms. The van der Waals surface area contributed by atoms with Gasteiger partial charge in [-0.2, -0.15) is 0 Å². The molecular formula is C3H9LiO4S. The summed E-state index contributed by atoms with van der Waals surface area (Å²) in [5, 5.41) is 7.88. The Labute approximate surface area is 68.9 Å². The van der Waals surface area contributed by atoms with Crippen molar-refractivity contribution in [3.05, 3.63) is 0 Å². The molecule has 0 aromatic carbocycles. The molecule has 9 heavy (non-hydrogen) atoms. The number of aliphatic hydroxyl groups is 1. The summed E-state index contributed by atoms with van der Waals surface area (Å²) < 4.78 is 24.1. The number of hydrogen-bond acceptors (Lipinski definition) is 3. The summed E-state index contributed by atoms with van der Waals surface area (Å²) in [6.07, 6.45) is 0.875. The second-order valence-electron chi connectivity index (χ2n) is 0.941. The van der Waals surface area contributed by atoms with Crippen LogP contribution in [0.3, 0.4) is 0 Å². The van der Waals surface area contributed by atoms with Crippen molar-refractivity contribution in [2.75, 3.05) is 6.61 Å². The quantitative estimate of drug-likeness (QED) is 0.302. The number of rotatable bonds is 1.